The Kier molecular flexibility index (Phi) is 4.56. The third-order valence-electron chi connectivity index (χ3n) is 3.83. The molecule has 2 aromatic rings. The molecule has 0 saturated heterocycles. The molecule has 0 aliphatic heterocycles. The van der Waals surface area contributed by atoms with Crippen LogP contribution in [0.3, 0.4) is 0 Å². The molecule has 0 heterocycles. The van der Waals surface area contributed by atoms with Crippen molar-refractivity contribution in [1.82, 2.24) is 0 Å². The van der Waals surface area contributed by atoms with Crippen molar-refractivity contribution in [3.05, 3.63) is 59.7 Å². The molecule has 0 bridgehead atoms. The molecular weight excluding hydrogens is 256 g/mol. The first-order valence-corrected chi connectivity index (χ1v) is 7.60. The van der Waals surface area contributed by atoms with Crippen molar-refractivity contribution >= 4 is 11.4 Å². The first kappa shape index (κ1) is 15.4. The molecule has 0 aliphatic rings. The normalized spacial score (nSPS) is 11.4. The minimum Gasteiger partial charge on any atom is -0.399 e. The van der Waals surface area contributed by atoms with Gasteiger partial charge in [0, 0.05) is 24.5 Å². The Balaban J connectivity index is 2.13. The van der Waals surface area contributed by atoms with Crippen LogP contribution in [0.15, 0.2) is 48.5 Å². The highest BCUT2D eigenvalue weighted by Gasteiger charge is 2.13. The first-order chi connectivity index (χ1) is 9.90. The molecule has 2 N–H and O–H groups in total. The van der Waals surface area contributed by atoms with Crippen molar-refractivity contribution in [2.45, 2.75) is 39.7 Å². The zero-order valence-corrected chi connectivity index (χ0v) is 13.6. The van der Waals surface area contributed by atoms with E-state index in [9.17, 15) is 0 Å². The van der Waals surface area contributed by atoms with Gasteiger partial charge < -0.3 is 10.6 Å². The van der Waals surface area contributed by atoms with Gasteiger partial charge in [-0.1, -0.05) is 45.0 Å². The maximum Gasteiger partial charge on any atom is 0.0429 e. The molecule has 0 fully saturated rings. The second kappa shape index (κ2) is 6.21. The summed E-state index contributed by atoms with van der Waals surface area (Å²) in [6, 6.07) is 17.0. The summed E-state index contributed by atoms with van der Waals surface area (Å²) < 4.78 is 0. The Labute approximate surface area is 128 Å². The van der Waals surface area contributed by atoms with E-state index >= 15 is 0 Å². The smallest absolute Gasteiger partial charge is 0.0429 e. The lowest BCUT2D eigenvalue weighted by Gasteiger charge is -2.24. The summed E-state index contributed by atoms with van der Waals surface area (Å²) in [5.74, 6) is 0. The van der Waals surface area contributed by atoms with Gasteiger partial charge in [-0.15, -0.1) is 0 Å². The van der Waals surface area contributed by atoms with E-state index in [0.29, 0.717) is 0 Å². The SMILES string of the molecule is CCN(Cc1ccc(C(C)(C)C)cc1)c1ccc(N)cc1. The van der Waals surface area contributed by atoms with Crippen LogP contribution in [-0.4, -0.2) is 6.54 Å². The van der Waals surface area contributed by atoms with Gasteiger partial charge in [-0.3, -0.25) is 0 Å². The molecule has 2 heteroatoms. The molecular formula is C19H26N2. The number of nitrogens with zero attached hydrogens (tertiary/aromatic N) is 1. The van der Waals surface area contributed by atoms with Crippen LogP contribution in [0.5, 0.6) is 0 Å². The maximum atomic E-state index is 5.76. The van der Waals surface area contributed by atoms with Crippen molar-refractivity contribution in [2.75, 3.05) is 17.2 Å². The molecule has 21 heavy (non-hydrogen) atoms. The van der Waals surface area contributed by atoms with Gasteiger partial charge in [-0.05, 0) is 47.7 Å². The number of nitrogens with two attached hydrogens (primary N) is 1. The quantitative estimate of drug-likeness (QED) is 0.831. The van der Waals surface area contributed by atoms with Crippen LogP contribution >= 0.6 is 0 Å². The van der Waals surface area contributed by atoms with Crippen molar-refractivity contribution in [3.63, 3.8) is 0 Å². The highest BCUT2D eigenvalue weighted by Crippen LogP contribution is 2.23. The summed E-state index contributed by atoms with van der Waals surface area (Å²) in [4.78, 5) is 2.35. The van der Waals surface area contributed by atoms with E-state index in [4.69, 9.17) is 5.73 Å². The summed E-state index contributed by atoms with van der Waals surface area (Å²) in [6.45, 7) is 10.8. The molecule has 0 amide bonds. The van der Waals surface area contributed by atoms with E-state index in [1.807, 2.05) is 12.1 Å². The zero-order valence-electron chi connectivity index (χ0n) is 13.6. The molecule has 0 spiro atoms. The van der Waals surface area contributed by atoms with Gasteiger partial charge in [0.1, 0.15) is 0 Å². The van der Waals surface area contributed by atoms with Crippen molar-refractivity contribution in [1.29, 1.82) is 0 Å². The molecule has 2 rings (SSSR count). The third kappa shape index (κ3) is 4.01. The van der Waals surface area contributed by atoms with Crippen molar-refractivity contribution in [3.8, 4) is 0 Å². The number of nitrogen functional groups attached to an aromatic ring is 1. The fourth-order valence-corrected chi connectivity index (χ4v) is 2.40. The van der Waals surface area contributed by atoms with Crippen LogP contribution in [0.25, 0.3) is 0 Å². The van der Waals surface area contributed by atoms with E-state index < -0.39 is 0 Å². The molecule has 2 aromatic carbocycles. The zero-order chi connectivity index (χ0) is 15.5. The lowest BCUT2D eigenvalue weighted by molar-refractivity contribution is 0.590. The van der Waals surface area contributed by atoms with Crippen LogP contribution in [0.2, 0.25) is 0 Å². The van der Waals surface area contributed by atoms with Crippen LogP contribution in [0.4, 0.5) is 11.4 Å². The molecule has 112 valence electrons. The lowest BCUT2D eigenvalue weighted by atomic mass is 9.87. The highest BCUT2D eigenvalue weighted by molar-refractivity contribution is 5.53. The van der Waals surface area contributed by atoms with Crippen LogP contribution in [0, 0.1) is 0 Å². The van der Waals surface area contributed by atoms with E-state index in [-0.39, 0.29) is 5.41 Å². The predicted molar refractivity (Wildman–Crippen MR) is 92.7 cm³/mol. The summed E-state index contributed by atoms with van der Waals surface area (Å²) in [6.07, 6.45) is 0. The van der Waals surface area contributed by atoms with Crippen LogP contribution in [-0.2, 0) is 12.0 Å². The van der Waals surface area contributed by atoms with Gasteiger partial charge in [0.25, 0.3) is 0 Å². The van der Waals surface area contributed by atoms with Gasteiger partial charge in [0.2, 0.25) is 0 Å². The van der Waals surface area contributed by atoms with Crippen LogP contribution < -0.4 is 10.6 Å². The Morgan fingerprint density at radius 2 is 1.48 bits per heavy atom. The maximum absolute atomic E-state index is 5.76. The summed E-state index contributed by atoms with van der Waals surface area (Å²) in [7, 11) is 0. The topological polar surface area (TPSA) is 29.3 Å². The first-order valence-electron chi connectivity index (χ1n) is 7.60. The fraction of sp³-hybridized carbons (Fsp3) is 0.368. The second-order valence-electron chi connectivity index (χ2n) is 6.55. The Hall–Kier alpha value is -1.96. The lowest BCUT2D eigenvalue weighted by Crippen LogP contribution is -2.22. The summed E-state index contributed by atoms with van der Waals surface area (Å²) in [5, 5.41) is 0. The van der Waals surface area contributed by atoms with Crippen molar-refractivity contribution < 1.29 is 0 Å². The molecule has 0 unspecified atom stereocenters. The highest BCUT2D eigenvalue weighted by atomic mass is 15.1. The number of hydrogen-bond donors (Lipinski definition) is 1. The molecule has 0 saturated carbocycles. The van der Waals surface area contributed by atoms with Gasteiger partial charge in [0.15, 0.2) is 0 Å². The molecule has 0 aromatic heterocycles. The monoisotopic (exact) mass is 282 g/mol. The van der Waals surface area contributed by atoms with Gasteiger partial charge in [-0.25, -0.2) is 0 Å². The predicted octanol–water partition coefficient (Wildman–Crippen LogP) is 4.59. The average molecular weight is 282 g/mol. The third-order valence-corrected chi connectivity index (χ3v) is 3.83. The van der Waals surface area contributed by atoms with Gasteiger partial charge in [-0.2, -0.15) is 0 Å². The molecule has 2 nitrogen and oxygen atoms in total. The number of hydrogen-bond acceptors (Lipinski definition) is 2. The van der Waals surface area contributed by atoms with E-state index in [0.717, 1.165) is 18.8 Å². The molecule has 0 aliphatic carbocycles. The number of benzene rings is 2. The minimum absolute atomic E-state index is 0.208. The van der Waals surface area contributed by atoms with Crippen molar-refractivity contribution in [2.24, 2.45) is 0 Å². The standard InChI is InChI=1S/C19H26N2/c1-5-21(18-12-10-17(20)11-13-18)14-15-6-8-16(9-7-15)19(2,3)4/h6-13H,5,14,20H2,1-4H3. The second-order valence-corrected chi connectivity index (χ2v) is 6.55. The Morgan fingerprint density at radius 1 is 0.905 bits per heavy atom. The van der Waals surface area contributed by atoms with Gasteiger partial charge >= 0.3 is 0 Å². The van der Waals surface area contributed by atoms with Gasteiger partial charge in [0.05, 0.1) is 0 Å². The average Bonchev–Trinajstić information content (AvgIpc) is 2.45. The van der Waals surface area contributed by atoms with Crippen LogP contribution in [0.1, 0.15) is 38.8 Å². The largest absolute Gasteiger partial charge is 0.399 e. The Bertz CT molecular complexity index is 562. The van der Waals surface area contributed by atoms with E-state index in [1.54, 1.807) is 0 Å². The van der Waals surface area contributed by atoms with E-state index in [2.05, 4.69) is 69.0 Å². The number of rotatable bonds is 4. The molecule has 0 radical (unpaired) electrons. The molecule has 0 atom stereocenters. The Morgan fingerprint density at radius 3 is 1.95 bits per heavy atom. The van der Waals surface area contributed by atoms with E-state index in [1.165, 1.54) is 16.8 Å². The summed E-state index contributed by atoms with van der Waals surface area (Å²) in [5.41, 5.74) is 10.7. The number of anilines is 2. The summed E-state index contributed by atoms with van der Waals surface area (Å²) >= 11 is 0. The fourth-order valence-electron chi connectivity index (χ4n) is 2.40. The minimum atomic E-state index is 0.208.